The molecule has 5 heterocycles. The summed E-state index contributed by atoms with van der Waals surface area (Å²) in [5.74, 6) is 2.94. The molecule has 9 nitrogen and oxygen atoms in total. The molecule has 1 aromatic carbocycles. The molecule has 1 spiro atoms. The third-order valence-corrected chi connectivity index (χ3v) is 6.43. The second-order valence-corrected chi connectivity index (χ2v) is 8.76. The van der Waals surface area contributed by atoms with E-state index in [-0.39, 0.29) is 5.60 Å². The van der Waals surface area contributed by atoms with Gasteiger partial charge >= 0.3 is 0 Å². The molecule has 168 valence electrons. The van der Waals surface area contributed by atoms with Gasteiger partial charge in [0.1, 0.15) is 22.7 Å². The van der Waals surface area contributed by atoms with E-state index >= 15 is 0 Å². The van der Waals surface area contributed by atoms with Gasteiger partial charge in [0.05, 0.1) is 32.5 Å². The second-order valence-electron chi connectivity index (χ2n) is 8.76. The van der Waals surface area contributed by atoms with Gasteiger partial charge in [0.2, 0.25) is 5.95 Å². The van der Waals surface area contributed by atoms with Crippen molar-refractivity contribution in [3.63, 3.8) is 0 Å². The molecule has 33 heavy (non-hydrogen) atoms. The lowest BCUT2D eigenvalue weighted by Crippen LogP contribution is -2.68. The molecule has 4 aromatic rings. The Morgan fingerprint density at radius 3 is 2.70 bits per heavy atom. The number of methoxy groups -OCH3 is 1. The van der Waals surface area contributed by atoms with Gasteiger partial charge in [-0.1, -0.05) is 0 Å². The number of ether oxygens (including phenoxy) is 2. The van der Waals surface area contributed by atoms with E-state index in [9.17, 15) is 0 Å². The maximum absolute atomic E-state index is 5.79. The number of anilines is 3. The van der Waals surface area contributed by atoms with Gasteiger partial charge < -0.3 is 24.3 Å². The van der Waals surface area contributed by atoms with Crippen LogP contribution in [0.3, 0.4) is 0 Å². The van der Waals surface area contributed by atoms with Gasteiger partial charge in [-0.05, 0) is 31.2 Å². The first-order valence-corrected chi connectivity index (χ1v) is 11.0. The summed E-state index contributed by atoms with van der Waals surface area (Å²) in [5.41, 5.74) is 3.55. The number of pyridine rings is 1. The Balaban J connectivity index is 1.32. The van der Waals surface area contributed by atoms with Crippen molar-refractivity contribution in [1.82, 2.24) is 24.5 Å². The molecule has 9 heteroatoms. The van der Waals surface area contributed by atoms with Gasteiger partial charge in [-0.15, -0.1) is 0 Å². The zero-order chi connectivity index (χ0) is 22.6. The van der Waals surface area contributed by atoms with Gasteiger partial charge in [0, 0.05) is 48.7 Å². The van der Waals surface area contributed by atoms with Crippen molar-refractivity contribution in [1.29, 1.82) is 0 Å². The molecule has 0 unspecified atom stereocenters. The summed E-state index contributed by atoms with van der Waals surface area (Å²) in [4.78, 5) is 20.8. The fourth-order valence-corrected chi connectivity index (χ4v) is 4.57. The predicted octanol–water partition coefficient (Wildman–Crippen LogP) is 3.47. The number of imidazole rings is 1. The Morgan fingerprint density at radius 1 is 1.15 bits per heavy atom. The molecule has 0 aliphatic carbocycles. The highest BCUT2D eigenvalue weighted by Crippen LogP contribution is 2.40. The van der Waals surface area contributed by atoms with Crippen molar-refractivity contribution in [3.05, 3.63) is 48.5 Å². The first-order chi connectivity index (χ1) is 16.0. The lowest BCUT2D eigenvalue weighted by atomic mass is 9.86. The van der Waals surface area contributed by atoms with E-state index in [1.807, 2.05) is 55.2 Å². The Morgan fingerprint density at radius 2 is 2.00 bits per heavy atom. The van der Waals surface area contributed by atoms with Crippen molar-refractivity contribution < 1.29 is 9.47 Å². The molecular weight excluding hydrogens is 418 g/mol. The van der Waals surface area contributed by atoms with Crippen LogP contribution in [-0.2, 0) is 11.8 Å². The molecule has 3 aromatic heterocycles. The van der Waals surface area contributed by atoms with Crippen molar-refractivity contribution in [2.45, 2.75) is 18.9 Å². The minimum Gasteiger partial charge on any atom is -0.495 e. The lowest BCUT2D eigenvalue weighted by molar-refractivity contribution is -0.161. The highest BCUT2D eigenvalue weighted by Gasteiger charge is 2.50. The molecule has 2 aliphatic rings. The van der Waals surface area contributed by atoms with E-state index in [0.29, 0.717) is 11.7 Å². The lowest BCUT2D eigenvalue weighted by Gasteiger charge is -2.55. The van der Waals surface area contributed by atoms with Crippen LogP contribution in [0.4, 0.5) is 17.5 Å². The predicted molar refractivity (Wildman–Crippen MR) is 126 cm³/mol. The number of nitrogens with zero attached hydrogens (tertiary/aromatic N) is 6. The molecule has 2 saturated heterocycles. The fourth-order valence-electron chi connectivity index (χ4n) is 4.57. The monoisotopic (exact) mass is 443 g/mol. The second kappa shape index (κ2) is 7.41. The molecule has 0 radical (unpaired) electrons. The summed E-state index contributed by atoms with van der Waals surface area (Å²) in [6, 6.07) is 7.93. The number of rotatable bonds is 5. The third-order valence-electron chi connectivity index (χ3n) is 6.43. The molecule has 2 aliphatic heterocycles. The minimum absolute atomic E-state index is 0.0220. The Kier molecular flexibility index (Phi) is 4.48. The van der Waals surface area contributed by atoms with Crippen LogP contribution >= 0.6 is 0 Å². The van der Waals surface area contributed by atoms with Crippen molar-refractivity contribution >= 4 is 28.4 Å². The maximum atomic E-state index is 5.79. The van der Waals surface area contributed by atoms with Gasteiger partial charge in [-0.2, -0.15) is 0 Å². The molecule has 0 amide bonds. The highest BCUT2D eigenvalue weighted by atomic mass is 16.5. The SMILES string of the molecule is COc1cc(-c2nccn2C)ccc1Nc1ncc2cc(C)nc(N3CC4(CCO4)C3)c2n1. The van der Waals surface area contributed by atoms with Gasteiger partial charge in [-0.25, -0.2) is 19.9 Å². The third kappa shape index (κ3) is 3.36. The van der Waals surface area contributed by atoms with Gasteiger partial charge in [0.25, 0.3) is 0 Å². The summed E-state index contributed by atoms with van der Waals surface area (Å²) in [6.45, 7) is 4.56. The average Bonchev–Trinajstić information content (AvgIpc) is 3.18. The van der Waals surface area contributed by atoms with Crippen LogP contribution in [0.2, 0.25) is 0 Å². The van der Waals surface area contributed by atoms with Gasteiger partial charge in [-0.3, -0.25) is 0 Å². The quantitative estimate of drug-likeness (QED) is 0.502. The summed E-state index contributed by atoms with van der Waals surface area (Å²) in [7, 11) is 3.62. The first kappa shape index (κ1) is 19.9. The molecule has 1 N–H and O–H groups in total. The van der Waals surface area contributed by atoms with E-state index < -0.39 is 0 Å². The number of benzene rings is 1. The number of fused-ring (bicyclic) bond motifs is 1. The molecule has 0 bridgehead atoms. The van der Waals surface area contributed by atoms with Gasteiger partial charge in [0.15, 0.2) is 5.82 Å². The molecule has 0 atom stereocenters. The maximum Gasteiger partial charge on any atom is 0.227 e. The molecule has 0 saturated carbocycles. The van der Waals surface area contributed by atoms with E-state index in [2.05, 4.69) is 20.2 Å². The van der Waals surface area contributed by atoms with E-state index in [1.165, 1.54) is 0 Å². The molecule has 6 rings (SSSR count). The number of aromatic nitrogens is 5. The summed E-state index contributed by atoms with van der Waals surface area (Å²) >= 11 is 0. The van der Waals surface area contributed by atoms with Crippen molar-refractivity contribution in [3.8, 4) is 17.1 Å². The molecule has 2 fully saturated rings. The summed E-state index contributed by atoms with van der Waals surface area (Å²) < 4.78 is 13.4. The number of aryl methyl sites for hydroxylation is 2. The van der Waals surface area contributed by atoms with Crippen LogP contribution in [0.25, 0.3) is 22.3 Å². The average molecular weight is 444 g/mol. The largest absolute Gasteiger partial charge is 0.495 e. The zero-order valence-electron chi connectivity index (χ0n) is 18.9. The highest BCUT2D eigenvalue weighted by molar-refractivity contribution is 5.90. The number of nitrogens with one attached hydrogen (secondary N) is 1. The van der Waals surface area contributed by atoms with Crippen molar-refractivity contribution in [2.75, 3.05) is 37.0 Å². The van der Waals surface area contributed by atoms with Crippen LogP contribution in [0.5, 0.6) is 5.75 Å². The smallest absolute Gasteiger partial charge is 0.227 e. The zero-order valence-corrected chi connectivity index (χ0v) is 18.9. The van der Waals surface area contributed by atoms with E-state index in [1.54, 1.807) is 13.3 Å². The Hall–Kier alpha value is -3.72. The van der Waals surface area contributed by atoms with E-state index in [4.69, 9.17) is 19.4 Å². The van der Waals surface area contributed by atoms with Crippen LogP contribution in [-0.4, -0.2) is 56.9 Å². The fraction of sp³-hybridized carbons (Fsp3) is 0.333. The van der Waals surface area contributed by atoms with Crippen molar-refractivity contribution in [2.24, 2.45) is 7.05 Å². The Bertz CT molecular complexity index is 1350. The number of hydrogen-bond acceptors (Lipinski definition) is 8. The van der Waals surface area contributed by atoms with Crippen LogP contribution in [0, 0.1) is 6.92 Å². The Labute approximate surface area is 191 Å². The van der Waals surface area contributed by atoms with Crippen LogP contribution < -0.4 is 15.0 Å². The topological polar surface area (TPSA) is 90.2 Å². The standard InChI is InChI=1S/C24H25N7O2/c1-15-10-17-12-26-23(29-20(17)22(27-15)31-13-24(14-31)6-9-33-24)28-18-5-4-16(11-19(18)32-3)21-25-7-8-30(21)2/h4-5,7-8,10-12H,6,9,13-14H2,1-3H3,(H,26,28,29). The van der Waals surface area contributed by atoms with E-state index in [0.717, 1.165) is 65.6 Å². The normalized spacial score (nSPS) is 16.5. The van der Waals surface area contributed by atoms with Crippen LogP contribution in [0.15, 0.2) is 42.9 Å². The first-order valence-electron chi connectivity index (χ1n) is 11.0. The summed E-state index contributed by atoms with van der Waals surface area (Å²) in [5, 5.41) is 4.28. The molecular formula is C24H25N7O2. The minimum atomic E-state index is 0.0220. The van der Waals surface area contributed by atoms with Crippen LogP contribution in [0.1, 0.15) is 12.1 Å². The number of hydrogen-bond donors (Lipinski definition) is 1. The summed E-state index contributed by atoms with van der Waals surface area (Å²) in [6.07, 6.45) is 6.65.